The lowest BCUT2D eigenvalue weighted by molar-refractivity contribution is 0.0872. The van der Waals surface area contributed by atoms with E-state index in [0.29, 0.717) is 11.3 Å². The zero-order chi connectivity index (χ0) is 23.2. The first-order valence-corrected chi connectivity index (χ1v) is 11.7. The van der Waals surface area contributed by atoms with Crippen molar-refractivity contribution in [2.24, 2.45) is 5.92 Å². The molecule has 1 aliphatic heterocycles. The van der Waals surface area contributed by atoms with Gasteiger partial charge in [-0.2, -0.15) is 5.10 Å². The molecule has 1 fully saturated rings. The van der Waals surface area contributed by atoms with Crippen molar-refractivity contribution in [2.75, 3.05) is 20.2 Å². The average molecular weight is 448 g/mol. The van der Waals surface area contributed by atoms with E-state index in [0.717, 1.165) is 44.7 Å². The van der Waals surface area contributed by atoms with Gasteiger partial charge >= 0.3 is 0 Å². The van der Waals surface area contributed by atoms with Crippen LogP contribution in [0.15, 0.2) is 54.9 Å². The SMILES string of the molecule is CCn1ncc(CN2CCC[C@@H]([C@H](NC(=O)c3ccccc3OC)c3ccccn3)C2)c1C. The van der Waals surface area contributed by atoms with Crippen molar-refractivity contribution in [1.82, 2.24) is 25.0 Å². The first-order chi connectivity index (χ1) is 16.1. The molecule has 33 heavy (non-hydrogen) atoms. The number of pyridine rings is 1. The topological polar surface area (TPSA) is 72.3 Å². The van der Waals surface area contributed by atoms with E-state index in [-0.39, 0.29) is 17.9 Å². The third-order valence-corrected chi connectivity index (χ3v) is 6.56. The molecule has 0 aliphatic carbocycles. The largest absolute Gasteiger partial charge is 0.496 e. The number of ether oxygens (including phenoxy) is 1. The second kappa shape index (κ2) is 10.6. The summed E-state index contributed by atoms with van der Waals surface area (Å²) in [5.41, 5.74) is 3.93. The van der Waals surface area contributed by atoms with E-state index in [2.05, 4.69) is 34.1 Å². The third-order valence-electron chi connectivity index (χ3n) is 6.56. The summed E-state index contributed by atoms with van der Waals surface area (Å²) < 4.78 is 7.46. The van der Waals surface area contributed by atoms with Gasteiger partial charge in [0.25, 0.3) is 5.91 Å². The Labute approximate surface area is 195 Å². The minimum Gasteiger partial charge on any atom is -0.496 e. The van der Waals surface area contributed by atoms with Crippen molar-refractivity contribution in [1.29, 1.82) is 0 Å². The van der Waals surface area contributed by atoms with E-state index in [1.165, 1.54) is 11.3 Å². The van der Waals surface area contributed by atoms with Crippen LogP contribution in [0.4, 0.5) is 0 Å². The lowest BCUT2D eigenvalue weighted by atomic mass is 9.88. The summed E-state index contributed by atoms with van der Waals surface area (Å²) in [5.74, 6) is 0.692. The molecule has 3 heterocycles. The van der Waals surface area contributed by atoms with Gasteiger partial charge in [0.1, 0.15) is 5.75 Å². The molecule has 4 rings (SSSR count). The maximum absolute atomic E-state index is 13.3. The molecule has 2 aromatic heterocycles. The first-order valence-electron chi connectivity index (χ1n) is 11.7. The van der Waals surface area contributed by atoms with Crippen LogP contribution in [0.2, 0.25) is 0 Å². The Balaban J connectivity index is 1.54. The summed E-state index contributed by atoms with van der Waals surface area (Å²) in [6, 6.07) is 13.0. The van der Waals surface area contributed by atoms with E-state index in [1.54, 1.807) is 19.4 Å². The summed E-state index contributed by atoms with van der Waals surface area (Å²) in [4.78, 5) is 20.3. The second-order valence-corrected chi connectivity index (χ2v) is 8.61. The lowest BCUT2D eigenvalue weighted by Gasteiger charge is -2.37. The number of hydrogen-bond acceptors (Lipinski definition) is 5. The van der Waals surface area contributed by atoms with Crippen molar-refractivity contribution in [3.63, 3.8) is 0 Å². The number of methoxy groups -OCH3 is 1. The number of benzene rings is 1. The highest BCUT2D eigenvalue weighted by Crippen LogP contribution is 2.31. The zero-order valence-electron chi connectivity index (χ0n) is 19.7. The van der Waals surface area contributed by atoms with E-state index >= 15 is 0 Å². The van der Waals surface area contributed by atoms with Crippen LogP contribution in [-0.4, -0.2) is 45.8 Å². The van der Waals surface area contributed by atoms with Crippen LogP contribution in [0.5, 0.6) is 5.75 Å². The van der Waals surface area contributed by atoms with Crippen LogP contribution in [-0.2, 0) is 13.1 Å². The number of para-hydroxylation sites is 1. The van der Waals surface area contributed by atoms with Gasteiger partial charge in [0.2, 0.25) is 0 Å². The van der Waals surface area contributed by atoms with Crippen LogP contribution < -0.4 is 10.1 Å². The minimum atomic E-state index is -0.175. The summed E-state index contributed by atoms with van der Waals surface area (Å²) in [7, 11) is 1.59. The van der Waals surface area contributed by atoms with Gasteiger partial charge in [-0.3, -0.25) is 19.4 Å². The van der Waals surface area contributed by atoms with Crippen LogP contribution in [0, 0.1) is 12.8 Å². The fourth-order valence-electron chi connectivity index (χ4n) is 4.75. The Kier molecular flexibility index (Phi) is 7.40. The average Bonchev–Trinajstić information content (AvgIpc) is 3.21. The molecule has 1 aromatic carbocycles. The number of carbonyl (C=O) groups excluding carboxylic acids is 1. The number of hydrogen-bond donors (Lipinski definition) is 1. The number of rotatable bonds is 8. The van der Waals surface area contributed by atoms with Gasteiger partial charge in [-0.25, -0.2) is 0 Å². The number of aryl methyl sites for hydroxylation is 1. The number of piperidine rings is 1. The number of aromatic nitrogens is 3. The summed E-state index contributed by atoms with van der Waals surface area (Å²) in [6.45, 7) is 7.94. The van der Waals surface area contributed by atoms with Crippen molar-refractivity contribution in [2.45, 2.75) is 45.8 Å². The number of likely N-dealkylation sites (tertiary alicyclic amines) is 1. The highest BCUT2D eigenvalue weighted by molar-refractivity contribution is 5.97. The van der Waals surface area contributed by atoms with E-state index in [1.807, 2.05) is 47.3 Å². The molecule has 0 radical (unpaired) electrons. The molecule has 0 saturated carbocycles. The van der Waals surface area contributed by atoms with Gasteiger partial charge in [0.15, 0.2) is 0 Å². The van der Waals surface area contributed by atoms with Crippen LogP contribution in [0.25, 0.3) is 0 Å². The number of amides is 1. The predicted octanol–water partition coefficient (Wildman–Crippen LogP) is 4.00. The Bertz CT molecular complexity index is 1070. The molecule has 7 heteroatoms. The second-order valence-electron chi connectivity index (χ2n) is 8.61. The maximum atomic E-state index is 13.3. The van der Waals surface area contributed by atoms with Crippen LogP contribution >= 0.6 is 0 Å². The Hall–Kier alpha value is -3.19. The Morgan fingerprint density at radius 2 is 2.06 bits per heavy atom. The minimum absolute atomic E-state index is 0.139. The van der Waals surface area contributed by atoms with Crippen LogP contribution in [0.3, 0.4) is 0 Å². The summed E-state index contributed by atoms with van der Waals surface area (Å²) >= 11 is 0. The molecule has 1 aliphatic rings. The zero-order valence-corrected chi connectivity index (χ0v) is 19.7. The van der Waals surface area contributed by atoms with E-state index in [4.69, 9.17) is 4.74 Å². The molecule has 1 amide bonds. The molecule has 1 saturated heterocycles. The molecule has 174 valence electrons. The van der Waals surface area contributed by atoms with Gasteiger partial charge in [0.05, 0.1) is 30.6 Å². The van der Waals surface area contributed by atoms with Gasteiger partial charge in [-0.1, -0.05) is 18.2 Å². The van der Waals surface area contributed by atoms with Crippen molar-refractivity contribution >= 4 is 5.91 Å². The first kappa shape index (κ1) is 23.0. The summed E-state index contributed by atoms with van der Waals surface area (Å²) in [5, 5.41) is 7.78. The molecule has 3 aromatic rings. The standard InChI is InChI=1S/C26H33N5O2/c1-4-31-19(2)21(16-28-31)18-30-15-9-10-20(17-30)25(23-12-7-8-14-27-23)29-26(32)22-11-5-6-13-24(22)33-3/h5-8,11-14,16,20,25H,4,9-10,15,17-18H2,1-3H3,(H,29,32)/t20-,25+/m1/s1. The molecular formula is C26H33N5O2. The smallest absolute Gasteiger partial charge is 0.255 e. The van der Waals surface area contributed by atoms with Crippen molar-refractivity contribution in [3.05, 3.63) is 77.4 Å². The monoisotopic (exact) mass is 447 g/mol. The summed E-state index contributed by atoms with van der Waals surface area (Å²) in [6.07, 6.45) is 5.90. The third kappa shape index (κ3) is 5.25. The van der Waals surface area contributed by atoms with Gasteiger partial charge < -0.3 is 10.1 Å². The lowest BCUT2D eigenvalue weighted by Crippen LogP contribution is -2.43. The van der Waals surface area contributed by atoms with Crippen molar-refractivity contribution in [3.8, 4) is 5.75 Å². The van der Waals surface area contributed by atoms with Gasteiger partial charge in [0, 0.05) is 37.1 Å². The highest BCUT2D eigenvalue weighted by atomic mass is 16.5. The normalized spacial score (nSPS) is 17.5. The number of carbonyl (C=O) groups is 1. The number of nitrogens with zero attached hydrogens (tertiary/aromatic N) is 4. The molecule has 0 spiro atoms. The Morgan fingerprint density at radius 3 is 2.79 bits per heavy atom. The fourth-order valence-corrected chi connectivity index (χ4v) is 4.75. The van der Waals surface area contributed by atoms with E-state index in [9.17, 15) is 4.79 Å². The maximum Gasteiger partial charge on any atom is 0.255 e. The molecule has 7 nitrogen and oxygen atoms in total. The number of nitrogens with one attached hydrogen (secondary N) is 1. The predicted molar refractivity (Wildman–Crippen MR) is 128 cm³/mol. The molecule has 2 atom stereocenters. The molecular weight excluding hydrogens is 414 g/mol. The fraction of sp³-hybridized carbons (Fsp3) is 0.423. The van der Waals surface area contributed by atoms with Gasteiger partial charge in [-0.15, -0.1) is 0 Å². The molecule has 1 N–H and O–H groups in total. The van der Waals surface area contributed by atoms with E-state index < -0.39 is 0 Å². The van der Waals surface area contributed by atoms with Crippen LogP contribution in [0.1, 0.15) is 53.1 Å². The Morgan fingerprint density at radius 1 is 1.24 bits per heavy atom. The quantitative estimate of drug-likeness (QED) is 0.565. The molecule has 0 unspecified atom stereocenters. The van der Waals surface area contributed by atoms with Gasteiger partial charge in [-0.05, 0) is 63.4 Å². The molecule has 0 bridgehead atoms. The highest BCUT2D eigenvalue weighted by Gasteiger charge is 2.31. The van der Waals surface area contributed by atoms with Crippen molar-refractivity contribution < 1.29 is 9.53 Å².